The topological polar surface area (TPSA) is 62.5 Å². The zero-order chi connectivity index (χ0) is 44.0. The van der Waals surface area contributed by atoms with Gasteiger partial charge in [0.05, 0.1) is 11.6 Å². The van der Waals surface area contributed by atoms with Crippen LogP contribution >= 0.6 is 0 Å². The first-order valence-corrected chi connectivity index (χ1v) is 22.1. The van der Waals surface area contributed by atoms with E-state index in [2.05, 4.69) is 164 Å². The number of benzene rings is 10. The Kier molecular flexibility index (Phi) is 9.51. The zero-order valence-electron chi connectivity index (χ0n) is 35.7. The lowest BCUT2D eigenvalue weighted by Gasteiger charge is -2.14. The molecular weight excluding hydrogens is 801 g/mol. The Labute approximate surface area is 383 Å². The van der Waals surface area contributed by atoms with Gasteiger partial charge in [-0.2, -0.15) is 5.26 Å². The lowest BCUT2D eigenvalue weighted by Crippen LogP contribution is -2.00. The number of aromatic nitrogens is 3. The Bertz CT molecular complexity index is 3680. The molecule has 0 saturated heterocycles. The Morgan fingerprint density at radius 2 is 0.682 bits per heavy atom. The quantitative estimate of drug-likeness (QED) is 0.153. The third kappa shape index (κ3) is 6.93. The summed E-state index contributed by atoms with van der Waals surface area (Å²) in [6, 6.07) is 82.8. The summed E-state index contributed by atoms with van der Waals surface area (Å²) in [6.07, 6.45) is 0. The smallest absolute Gasteiger partial charge is 0.164 e. The van der Waals surface area contributed by atoms with E-state index in [0.29, 0.717) is 23.0 Å². The summed E-state index contributed by atoms with van der Waals surface area (Å²) in [4.78, 5) is 14.9. The molecule has 1 aliphatic rings. The van der Waals surface area contributed by atoms with Crippen molar-refractivity contribution in [3.63, 3.8) is 0 Å². The first-order chi connectivity index (χ1) is 32.6. The molecule has 11 aromatic rings. The van der Waals surface area contributed by atoms with E-state index in [-0.39, 0.29) is 0 Å². The Balaban J connectivity index is 0.859. The average Bonchev–Trinajstić information content (AvgIpc) is 3.73. The van der Waals surface area contributed by atoms with Crippen LogP contribution in [0.3, 0.4) is 0 Å². The van der Waals surface area contributed by atoms with Crippen LogP contribution in [0.2, 0.25) is 0 Å². The van der Waals surface area contributed by atoms with Crippen LogP contribution in [-0.4, -0.2) is 15.0 Å². The highest BCUT2D eigenvalue weighted by Gasteiger charge is 2.22. The monoisotopic (exact) mass is 838 g/mol. The number of rotatable bonds is 8. The summed E-state index contributed by atoms with van der Waals surface area (Å²) in [7, 11) is 0. The van der Waals surface area contributed by atoms with E-state index in [9.17, 15) is 5.26 Å². The van der Waals surface area contributed by atoms with Crippen molar-refractivity contribution in [3.8, 4) is 118 Å². The summed E-state index contributed by atoms with van der Waals surface area (Å²) in [5.74, 6) is 1.81. The van der Waals surface area contributed by atoms with Gasteiger partial charge in [0, 0.05) is 22.3 Å². The maximum Gasteiger partial charge on any atom is 0.164 e. The van der Waals surface area contributed by atoms with E-state index in [0.717, 1.165) is 66.8 Å². The van der Waals surface area contributed by atoms with E-state index >= 15 is 0 Å². The van der Waals surface area contributed by atoms with Crippen molar-refractivity contribution in [2.24, 2.45) is 0 Å². The van der Waals surface area contributed by atoms with E-state index in [1.54, 1.807) is 0 Å². The van der Waals surface area contributed by atoms with Gasteiger partial charge in [0.15, 0.2) is 17.5 Å². The molecule has 0 fully saturated rings. The summed E-state index contributed by atoms with van der Waals surface area (Å²) < 4.78 is 0. The molecule has 1 heterocycles. The van der Waals surface area contributed by atoms with Crippen LogP contribution in [0.1, 0.15) is 5.56 Å². The van der Waals surface area contributed by atoms with Gasteiger partial charge in [-0.1, -0.05) is 206 Å². The maximum absolute atomic E-state index is 10.6. The molecule has 1 aromatic heterocycles. The normalized spacial score (nSPS) is 11.3. The number of hydrogen-bond acceptors (Lipinski definition) is 4. The predicted octanol–water partition coefficient (Wildman–Crippen LogP) is 15.9. The molecule has 0 amide bonds. The van der Waals surface area contributed by atoms with Crippen molar-refractivity contribution >= 4 is 10.8 Å². The Morgan fingerprint density at radius 1 is 0.258 bits per heavy atom. The molecule has 10 aromatic carbocycles. The van der Waals surface area contributed by atoms with Gasteiger partial charge >= 0.3 is 0 Å². The van der Waals surface area contributed by atoms with E-state index < -0.39 is 0 Å². The molecule has 0 saturated carbocycles. The minimum Gasteiger partial charge on any atom is -0.208 e. The van der Waals surface area contributed by atoms with Gasteiger partial charge in [-0.15, -0.1) is 0 Å². The second-order valence-electron chi connectivity index (χ2n) is 16.7. The molecule has 4 nitrogen and oxygen atoms in total. The second-order valence-corrected chi connectivity index (χ2v) is 16.7. The van der Waals surface area contributed by atoms with Crippen molar-refractivity contribution in [1.82, 2.24) is 15.0 Å². The molecule has 0 spiro atoms. The van der Waals surface area contributed by atoms with Crippen molar-refractivity contribution in [2.75, 3.05) is 0 Å². The van der Waals surface area contributed by atoms with Gasteiger partial charge in [-0.05, 0) is 107 Å². The molecule has 4 heteroatoms. The lowest BCUT2D eigenvalue weighted by molar-refractivity contribution is 1.07. The van der Waals surface area contributed by atoms with Crippen LogP contribution in [0.4, 0.5) is 0 Å². The van der Waals surface area contributed by atoms with Gasteiger partial charge in [-0.25, -0.2) is 15.0 Å². The van der Waals surface area contributed by atoms with E-state index in [1.807, 2.05) is 72.8 Å². The first-order valence-electron chi connectivity index (χ1n) is 22.1. The van der Waals surface area contributed by atoms with Crippen LogP contribution in [0, 0.1) is 11.3 Å². The van der Waals surface area contributed by atoms with Gasteiger partial charge in [-0.3, -0.25) is 0 Å². The average molecular weight is 839 g/mol. The fraction of sp³-hybridized carbons (Fsp3) is 0. The third-order valence-corrected chi connectivity index (χ3v) is 12.7. The molecule has 0 radical (unpaired) electrons. The van der Waals surface area contributed by atoms with Crippen molar-refractivity contribution in [1.29, 1.82) is 5.26 Å². The van der Waals surface area contributed by atoms with Gasteiger partial charge in [0.25, 0.3) is 0 Å². The first kappa shape index (κ1) is 38.6. The Morgan fingerprint density at radius 3 is 1.32 bits per heavy atom. The molecule has 0 bridgehead atoms. The van der Waals surface area contributed by atoms with Crippen LogP contribution in [-0.2, 0) is 0 Å². The summed E-state index contributed by atoms with van der Waals surface area (Å²) in [6.45, 7) is 0. The fourth-order valence-corrected chi connectivity index (χ4v) is 9.48. The molecule has 66 heavy (non-hydrogen) atoms. The number of nitriles is 1. The summed E-state index contributed by atoms with van der Waals surface area (Å²) >= 11 is 0. The molecule has 306 valence electrons. The van der Waals surface area contributed by atoms with Crippen molar-refractivity contribution in [3.05, 3.63) is 236 Å². The van der Waals surface area contributed by atoms with Gasteiger partial charge < -0.3 is 0 Å². The van der Waals surface area contributed by atoms with E-state index in [4.69, 9.17) is 15.0 Å². The fourth-order valence-electron chi connectivity index (χ4n) is 9.48. The highest BCUT2D eigenvalue weighted by molar-refractivity contribution is 6.16. The Hall–Kier alpha value is -9.04. The highest BCUT2D eigenvalue weighted by Crippen LogP contribution is 2.49. The maximum atomic E-state index is 10.6. The number of nitrogens with zero attached hydrogens (tertiary/aromatic N) is 4. The molecule has 0 aliphatic heterocycles. The molecule has 0 atom stereocenters. The number of fused-ring (bicyclic) bond motifs is 3. The van der Waals surface area contributed by atoms with Gasteiger partial charge in [0.2, 0.25) is 0 Å². The summed E-state index contributed by atoms with van der Waals surface area (Å²) in [5.41, 5.74) is 19.1. The second kappa shape index (κ2) is 16.3. The van der Waals surface area contributed by atoms with Gasteiger partial charge in [0.1, 0.15) is 0 Å². The molecular formula is C62H38N4. The molecule has 0 unspecified atom stereocenters. The summed E-state index contributed by atoms with van der Waals surface area (Å²) in [5, 5.41) is 13.2. The van der Waals surface area contributed by atoms with Crippen molar-refractivity contribution in [2.45, 2.75) is 0 Å². The predicted molar refractivity (Wildman–Crippen MR) is 270 cm³/mol. The molecule has 1 aliphatic carbocycles. The van der Waals surface area contributed by atoms with Crippen molar-refractivity contribution < 1.29 is 0 Å². The minimum absolute atomic E-state index is 0.588. The third-order valence-electron chi connectivity index (χ3n) is 12.7. The number of hydrogen-bond donors (Lipinski definition) is 0. The van der Waals surface area contributed by atoms with Crippen LogP contribution in [0.25, 0.3) is 123 Å². The SMILES string of the molecule is N#Cc1cc(-c2ccc(-c3nc(-c4ccccc4)nc(-c4ccc(-c5ccccc5)cc4)n3)cc2)ccc1-c1ccccc1-c1cccc(-c2cc3c4c(cccc4c2)-c2ccccc2-3)c1. The highest BCUT2D eigenvalue weighted by atomic mass is 15.0. The lowest BCUT2D eigenvalue weighted by atomic mass is 9.89. The molecule has 12 rings (SSSR count). The molecule has 0 N–H and O–H groups in total. The van der Waals surface area contributed by atoms with Crippen LogP contribution < -0.4 is 0 Å². The minimum atomic E-state index is 0.588. The van der Waals surface area contributed by atoms with E-state index in [1.165, 1.54) is 38.6 Å². The standard InChI is InChI=1S/C62H38N4/c63-39-51-36-47(42-27-31-45(32-28-42)62-65-60(43-15-5-2-6-16-43)64-61(66-62)44-29-25-41(26-30-44)40-13-3-1-4-14-40)33-34-53(51)54-21-8-7-20-52(54)48-18-11-17-46(35-48)50-37-49-19-12-24-57-55-22-9-10-23-56(55)58(38-50)59(49)57/h1-38H. The van der Waals surface area contributed by atoms with Crippen LogP contribution in [0.5, 0.6) is 0 Å². The largest absolute Gasteiger partial charge is 0.208 e. The van der Waals surface area contributed by atoms with Crippen LogP contribution in [0.15, 0.2) is 231 Å². The zero-order valence-corrected chi connectivity index (χ0v) is 35.7.